The second-order valence-electron chi connectivity index (χ2n) is 6.25. The zero-order valence-corrected chi connectivity index (χ0v) is 11.3. The number of likely N-dealkylation sites (N-methyl/N-ethyl adjacent to an activating group) is 1. The van der Waals surface area contributed by atoms with Crippen LogP contribution < -0.4 is 5.32 Å². The summed E-state index contributed by atoms with van der Waals surface area (Å²) >= 11 is 0. The van der Waals surface area contributed by atoms with E-state index in [1.165, 1.54) is 12.8 Å². The summed E-state index contributed by atoms with van der Waals surface area (Å²) in [6, 6.07) is 0.300. The predicted octanol–water partition coefficient (Wildman–Crippen LogP) is 1.16. The summed E-state index contributed by atoms with van der Waals surface area (Å²) in [5.74, 6) is 0.993. The van der Waals surface area contributed by atoms with E-state index in [1.807, 2.05) is 11.9 Å². The number of carbonyl (C=O) groups is 1. The van der Waals surface area contributed by atoms with Crippen LogP contribution in [0.4, 0.5) is 0 Å². The smallest absolute Gasteiger partial charge is 0.222 e. The van der Waals surface area contributed by atoms with E-state index in [4.69, 9.17) is 4.74 Å². The number of hydrogen-bond acceptors (Lipinski definition) is 3. The van der Waals surface area contributed by atoms with Crippen LogP contribution in [0.1, 0.15) is 38.5 Å². The molecule has 1 N–H and O–H groups in total. The van der Waals surface area contributed by atoms with Gasteiger partial charge in [-0.2, -0.15) is 0 Å². The molecule has 0 aromatic carbocycles. The van der Waals surface area contributed by atoms with Crippen LogP contribution in [0.15, 0.2) is 0 Å². The molecule has 1 amide bonds. The molecule has 2 saturated heterocycles. The third-order valence-corrected chi connectivity index (χ3v) is 4.81. The highest BCUT2D eigenvalue weighted by Gasteiger charge is 2.43. The monoisotopic (exact) mass is 252 g/mol. The van der Waals surface area contributed by atoms with E-state index in [-0.39, 0.29) is 5.60 Å². The summed E-state index contributed by atoms with van der Waals surface area (Å²) in [7, 11) is 1.96. The van der Waals surface area contributed by atoms with Gasteiger partial charge in [-0.1, -0.05) is 0 Å². The van der Waals surface area contributed by atoms with Crippen molar-refractivity contribution < 1.29 is 9.53 Å². The van der Waals surface area contributed by atoms with Gasteiger partial charge in [0.1, 0.15) is 0 Å². The molecular weight excluding hydrogens is 228 g/mol. The van der Waals surface area contributed by atoms with Gasteiger partial charge in [-0.25, -0.2) is 0 Å². The first-order valence-corrected chi connectivity index (χ1v) is 7.29. The molecule has 1 spiro atoms. The quantitative estimate of drug-likeness (QED) is 0.819. The Bertz CT molecular complexity index is 322. The third kappa shape index (κ3) is 2.54. The molecule has 102 valence electrons. The molecule has 0 radical (unpaired) electrons. The molecule has 3 fully saturated rings. The molecule has 0 aromatic heterocycles. The molecule has 4 nitrogen and oxygen atoms in total. The number of hydrogen-bond donors (Lipinski definition) is 1. The number of nitrogens with zero attached hydrogens (tertiary/aromatic N) is 1. The van der Waals surface area contributed by atoms with Crippen molar-refractivity contribution in [2.24, 2.45) is 5.92 Å². The number of amides is 1. The standard InChI is InChI=1S/C14H24N2O2/c1-16(13(17)8-11-2-3-11)12-9-14(18-10-12)4-6-15-7-5-14/h11-12,15H,2-10H2,1H3/t12-/m1/s1. The van der Waals surface area contributed by atoms with Crippen LogP contribution >= 0.6 is 0 Å². The van der Waals surface area contributed by atoms with Crippen molar-refractivity contribution in [3.63, 3.8) is 0 Å². The average Bonchev–Trinajstić information content (AvgIpc) is 3.11. The van der Waals surface area contributed by atoms with E-state index in [0.29, 0.717) is 17.9 Å². The Hall–Kier alpha value is -0.610. The summed E-state index contributed by atoms with van der Waals surface area (Å²) in [5, 5.41) is 3.38. The third-order valence-electron chi connectivity index (χ3n) is 4.81. The largest absolute Gasteiger partial charge is 0.373 e. The van der Waals surface area contributed by atoms with Gasteiger partial charge < -0.3 is 15.0 Å². The summed E-state index contributed by atoms with van der Waals surface area (Å²) in [6.07, 6.45) is 6.46. The van der Waals surface area contributed by atoms with Crippen LogP contribution in [-0.2, 0) is 9.53 Å². The van der Waals surface area contributed by atoms with Gasteiger partial charge in [0.2, 0.25) is 5.91 Å². The Morgan fingerprint density at radius 2 is 2.11 bits per heavy atom. The molecule has 18 heavy (non-hydrogen) atoms. The number of rotatable bonds is 3. The van der Waals surface area contributed by atoms with Crippen LogP contribution in [0.5, 0.6) is 0 Å². The van der Waals surface area contributed by atoms with Crippen LogP contribution in [-0.4, -0.2) is 49.2 Å². The van der Waals surface area contributed by atoms with E-state index >= 15 is 0 Å². The molecule has 3 aliphatic rings. The van der Waals surface area contributed by atoms with Crippen LogP contribution in [0.2, 0.25) is 0 Å². The average molecular weight is 252 g/mol. The molecule has 1 saturated carbocycles. The summed E-state index contributed by atoms with van der Waals surface area (Å²) in [5.41, 5.74) is 0.0596. The van der Waals surface area contributed by atoms with Crippen molar-refractivity contribution >= 4 is 5.91 Å². The molecule has 0 bridgehead atoms. The molecule has 1 atom stereocenters. The molecule has 0 aromatic rings. The fourth-order valence-corrected chi connectivity index (χ4v) is 3.22. The van der Waals surface area contributed by atoms with Crippen LogP contribution in [0, 0.1) is 5.92 Å². The first-order valence-electron chi connectivity index (χ1n) is 7.29. The Morgan fingerprint density at radius 3 is 2.78 bits per heavy atom. The first-order chi connectivity index (χ1) is 8.69. The molecule has 3 rings (SSSR count). The van der Waals surface area contributed by atoms with Crippen molar-refractivity contribution in [3.8, 4) is 0 Å². The molecule has 0 unspecified atom stereocenters. The van der Waals surface area contributed by atoms with Gasteiger partial charge in [-0.3, -0.25) is 4.79 Å². The Balaban J connectivity index is 1.55. The fourth-order valence-electron chi connectivity index (χ4n) is 3.22. The normalized spacial score (nSPS) is 30.6. The van der Waals surface area contributed by atoms with Crippen molar-refractivity contribution in [1.82, 2.24) is 10.2 Å². The highest BCUT2D eigenvalue weighted by molar-refractivity contribution is 5.76. The van der Waals surface area contributed by atoms with Crippen LogP contribution in [0.3, 0.4) is 0 Å². The SMILES string of the molecule is CN(C(=O)CC1CC1)[C@H]1COC2(CCNCC2)C1. The second kappa shape index (κ2) is 4.82. The summed E-state index contributed by atoms with van der Waals surface area (Å²) in [4.78, 5) is 14.1. The number of carbonyl (C=O) groups excluding carboxylic acids is 1. The van der Waals surface area contributed by atoms with Crippen LogP contribution in [0.25, 0.3) is 0 Å². The summed E-state index contributed by atoms with van der Waals surface area (Å²) < 4.78 is 6.05. The lowest BCUT2D eigenvalue weighted by molar-refractivity contribution is -0.132. The lowest BCUT2D eigenvalue weighted by Gasteiger charge is -2.33. The molecule has 2 heterocycles. The zero-order valence-electron chi connectivity index (χ0n) is 11.3. The molecule has 2 aliphatic heterocycles. The Morgan fingerprint density at radius 1 is 1.39 bits per heavy atom. The summed E-state index contributed by atoms with van der Waals surface area (Å²) in [6.45, 7) is 2.83. The number of piperidine rings is 1. The van der Waals surface area contributed by atoms with Crippen molar-refractivity contribution in [3.05, 3.63) is 0 Å². The number of nitrogens with one attached hydrogen (secondary N) is 1. The van der Waals surface area contributed by atoms with Crippen molar-refractivity contribution in [2.75, 3.05) is 26.7 Å². The first kappa shape index (κ1) is 12.4. The molecule has 1 aliphatic carbocycles. The van der Waals surface area contributed by atoms with Gasteiger partial charge in [0.25, 0.3) is 0 Å². The van der Waals surface area contributed by atoms with Gasteiger partial charge in [0.05, 0.1) is 18.2 Å². The zero-order chi connectivity index (χ0) is 12.6. The maximum atomic E-state index is 12.1. The van der Waals surface area contributed by atoms with E-state index in [9.17, 15) is 4.79 Å². The van der Waals surface area contributed by atoms with E-state index in [1.54, 1.807) is 0 Å². The van der Waals surface area contributed by atoms with Crippen molar-refractivity contribution in [2.45, 2.75) is 50.2 Å². The minimum absolute atomic E-state index is 0.0596. The maximum Gasteiger partial charge on any atom is 0.222 e. The lowest BCUT2D eigenvalue weighted by atomic mass is 9.88. The minimum atomic E-state index is 0.0596. The second-order valence-corrected chi connectivity index (χ2v) is 6.25. The van der Waals surface area contributed by atoms with Gasteiger partial charge in [-0.15, -0.1) is 0 Å². The van der Waals surface area contributed by atoms with E-state index in [0.717, 1.165) is 45.4 Å². The Labute approximate surface area is 109 Å². The Kier molecular flexibility index (Phi) is 3.32. The topological polar surface area (TPSA) is 41.6 Å². The minimum Gasteiger partial charge on any atom is -0.373 e. The highest BCUT2D eigenvalue weighted by Crippen LogP contribution is 2.37. The number of ether oxygens (including phenoxy) is 1. The lowest BCUT2D eigenvalue weighted by Crippen LogP contribution is -2.43. The van der Waals surface area contributed by atoms with E-state index < -0.39 is 0 Å². The van der Waals surface area contributed by atoms with Gasteiger partial charge in [0.15, 0.2) is 0 Å². The maximum absolute atomic E-state index is 12.1. The van der Waals surface area contributed by atoms with E-state index in [2.05, 4.69) is 5.32 Å². The fraction of sp³-hybridized carbons (Fsp3) is 0.929. The van der Waals surface area contributed by atoms with Gasteiger partial charge >= 0.3 is 0 Å². The van der Waals surface area contributed by atoms with Crippen molar-refractivity contribution in [1.29, 1.82) is 0 Å². The predicted molar refractivity (Wildman–Crippen MR) is 69.3 cm³/mol. The molecular formula is C14H24N2O2. The highest BCUT2D eigenvalue weighted by atomic mass is 16.5. The van der Waals surface area contributed by atoms with Gasteiger partial charge in [0, 0.05) is 13.5 Å². The van der Waals surface area contributed by atoms with Gasteiger partial charge in [-0.05, 0) is 51.1 Å². The molecule has 4 heteroatoms.